The predicted octanol–water partition coefficient (Wildman–Crippen LogP) is 1.18. The Morgan fingerprint density at radius 3 is 2.75 bits per heavy atom. The van der Waals surface area contributed by atoms with Crippen LogP contribution in [0, 0.1) is 0 Å². The molecule has 12 heavy (non-hydrogen) atoms. The first-order valence-electron chi connectivity index (χ1n) is 4.75. The lowest BCUT2D eigenvalue weighted by molar-refractivity contribution is 0.391. The molecule has 3 radical (unpaired) electrons. The second kappa shape index (κ2) is 4.45. The maximum Gasteiger partial charge on any atom is 0.0988 e. The molecule has 0 unspecified atom stereocenters. The van der Waals surface area contributed by atoms with Gasteiger partial charge < -0.3 is 4.90 Å². The van der Waals surface area contributed by atoms with E-state index in [9.17, 15) is 0 Å². The third-order valence-corrected chi connectivity index (χ3v) is 2.57. The highest BCUT2D eigenvalue weighted by molar-refractivity contribution is 5.83. The SMILES string of the molecule is C1CCC2=NCCCN2CC1.[N]. The van der Waals surface area contributed by atoms with Gasteiger partial charge >= 0.3 is 0 Å². The van der Waals surface area contributed by atoms with Gasteiger partial charge in [-0.2, -0.15) is 0 Å². The van der Waals surface area contributed by atoms with Crippen LogP contribution in [0.2, 0.25) is 0 Å². The molecular weight excluding hydrogens is 150 g/mol. The highest BCUT2D eigenvalue weighted by atomic mass is 15.2. The fraction of sp³-hybridized carbons (Fsp3) is 0.889. The molecule has 1 fully saturated rings. The number of nitrogens with zero attached hydrogens (tertiary/aromatic N) is 3. The molecule has 0 amide bonds. The Morgan fingerprint density at radius 1 is 1.00 bits per heavy atom. The standard InChI is InChI=1S/C9H16N2.N/c1-2-5-9-10-6-4-8-11(9)7-3-1;/h1-8H2;. The first-order valence-corrected chi connectivity index (χ1v) is 4.75. The molecule has 67 valence electrons. The Hall–Kier alpha value is -0.570. The van der Waals surface area contributed by atoms with Crippen LogP contribution in [0.4, 0.5) is 0 Å². The summed E-state index contributed by atoms with van der Waals surface area (Å²) in [4.78, 5) is 7.04. The second-order valence-electron chi connectivity index (χ2n) is 3.45. The first kappa shape index (κ1) is 9.52. The Labute approximate surface area is 74.4 Å². The highest BCUT2D eigenvalue weighted by Gasteiger charge is 2.16. The van der Waals surface area contributed by atoms with Crippen LogP contribution in [-0.4, -0.2) is 30.4 Å². The normalized spacial score (nSPS) is 23.3. The third kappa shape index (κ3) is 1.97. The molecule has 0 aromatic rings. The summed E-state index contributed by atoms with van der Waals surface area (Å²) in [6.07, 6.45) is 6.63. The van der Waals surface area contributed by atoms with Gasteiger partial charge in [-0.15, -0.1) is 0 Å². The quantitative estimate of drug-likeness (QED) is 0.533. The van der Waals surface area contributed by atoms with E-state index in [0.717, 1.165) is 6.54 Å². The molecule has 0 aromatic carbocycles. The van der Waals surface area contributed by atoms with Gasteiger partial charge in [-0.3, -0.25) is 4.99 Å². The smallest absolute Gasteiger partial charge is 0.0988 e. The van der Waals surface area contributed by atoms with Crippen molar-refractivity contribution in [3.63, 3.8) is 0 Å². The van der Waals surface area contributed by atoms with Crippen LogP contribution in [0.3, 0.4) is 0 Å². The molecule has 0 aliphatic carbocycles. The van der Waals surface area contributed by atoms with Gasteiger partial charge in [0.2, 0.25) is 0 Å². The minimum absolute atomic E-state index is 0. The molecule has 2 heterocycles. The van der Waals surface area contributed by atoms with Crippen molar-refractivity contribution >= 4 is 5.84 Å². The molecule has 0 bridgehead atoms. The van der Waals surface area contributed by atoms with E-state index in [1.807, 2.05) is 0 Å². The topological polar surface area (TPSA) is 46.1 Å². The molecule has 3 nitrogen and oxygen atoms in total. The molecule has 0 atom stereocenters. The van der Waals surface area contributed by atoms with Crippen molar-refractivity contribution in [2.75, 3.05) is 19.6 Å². The molecule has 3 heteroatoms. The predicted molar refractivity (Wildman–Crippen MR) is 49.1 cm³/mol. The number of hydrogen-bond acceptors (Lipinski definition) is 2. The van der Waals surface area contributed by atoms with Crippen molar-refractivity contribution < 1.29 is 0 Å². The summed E-state index contributed by atoms with van der Waals surface area (Å²) in [7, 11) is 0. The summed E-state index contributed by atoms with van der Waals surface area (Å²) < 4.78 is 0. The Kier molecular flexibility index (Phi) is 3.53. The largest absolute Gasteiger partial charge is 0.360 e. The first-order chi connectivity index (χ1) is 5.47. The highest BCUT2D eigenvalue weighted by Crippen LogP contribution is 2.15. The van der Waals surface area contributed by atoms with Crippen LogP contribution in [0.5, 0.6) is 0 Å². The van der Waals surface area contributed by atoms with Crippen LogP contribution in [-0.2, 0) is 0 Å². The van der Waals surface area contributed by atoms with Crippen molar-refractivity contribution in [3.8, 4) is 0 Å². The molecule has 2 aliphatic rings. The zero-order valence-electron chi connectivity index (χ0n) is 7.50. The average molecular weight is 166 g/mol. The van der Waals surface area contributed by atoms with Crippen molar-refractivity contribution in [2.24, 2.45) is 4.99 Å². The second-order valence-corrected chi connectivity index (χ2v) is 3.45. The fourth-order valence-corrected chi connectivity index (χ4v) is 1.94. The van der Waals surface area contributed by atoms with E-state index in [1.54, 1.807) is 0 Å². The summed E-state index contributed by atoms with van der Waals surface area (Å²) >= 11 is 0. The van der Waals surface area contributed by atoms with E-state index in [2.05, 4.69) is 9.89 Å². The van der Waals surface area contributed by atoms with Gasteiger partial charge in [0, 0.05) is 32.2 Å². The molecule has 0 aromatic heterocycles. The summed E-state index contributed by atoms with van der Waals surface area (Å²) in [5.74, 6) is 1.40. The number of amidine groups is 1. The Bertz CT molecular complexity index is 165. The number of aliphatic imine (C=N–C) groups is 1. The van der Waals surface area contributed by atoms with Crippen molar-refractivity contribution in [2.45, 2.75) is 32.1 Å². The van der Waals surface area contributed by atoms with Gasteiger partial charge in [0.15, 0.2) is 0 Å². The molecular formula is C9H16N3. The van der Waals surface area contributed by atoms with E-state index < -0.39 is 0 Å². The lowest BCUT2D eigenvalue weighted by Crippen LogP contribution is -2.34. The van der Waals surface area contributed by atoms with E-state index in [1.165, 1.54) is 51.0 Å². The van der Waals surface area contributed by atoms with E-state index in [0.29, 0.717) is 0 Å². The Morgan fingerprint density at radius 2 is 1.83 bits per heavy atom. The van der Waals surface area contributed by atoms with E-state index in [-0.39, 0.29) is 6.15 Å². The minimum atomic E-state index is 0. The van der Waals surface area contributed by atoms with Crippen molar-refractivity contribution in [1.29, 1.82) is 0 Å². The maximum atomic E-state index is 4.55. The van der Waals surface area contributed by atoms with Gasteiger partial charge in [0.1, 0.15) is 0 Å². The van der Waals surface area contributed by atoms with Crippen molar-refractivity contribution in [1.82, 2.24) is 11.1 Å². The minimum Gasteiger partial charge on any atom is -0.360 e. The molecule has 0 saturated carbocycles. The van der Waals surface area contributed by atoms with Crippen molar-refractivity contribution in [3.05, 3.63) is 0 Å². The molecule has 2 rings (SSSR count). The lowest BCUT2D eigenvalue weighted by atomic mass is 10.2. The maximum absolute atomic E-state index is 4.55. The molecule has 0 N–H and O–H groups in total. The summed E-state index contributed by atoms with van der Waals surface area (Å²) in [6.45, 7) is 3.60. The van der Waals surface area contributed by atoms with Gasteiger partial charge in [-0.1, -0.05) is 6.42 Å². The molecule has 1 saturated heterocycles. The Balaban J connectivity index is 0.000000720. The zero-order valence-corrected chi connectivity index (χ0v) is 7.50. The third-order valence-electron chi connectivity index (χ3n) is 2.57. The van der Waals surface area contributed by atoms with E-state index in [4.69, 9.17) is 0 Å². The summed E-state index contributed by atoms with van der Waals surface area (Å²) in [6, 6.07) is 0. The van der Waals surface area contributed by atoms with Crippen LogP contribution < -0.4 is 6.15 Å². The van der Waals surface area contributed by atoms with E-state index >= 15 is 0 Å². The number of rotatable bonds is 0. The van der Waals surface area contributed by atoms with Crippen LogP contribution in [0.15, 0.2) is 4.99 Å². The monoisotopic (exact) mass is 166 g/mol. The van der Waals surface area contributed by atoms with Crippen LogP contribution in [0.1, 0.15) is 32.1 Å². The van der Waals surface area contributed by atoms with Crippen LogP contribution >= 0.6 is 0 Å². The fourth-order valence-electron chi connectivity index (χ4n) is 1.94. The van der Waals surface area contributed by atoms with Crippen LogP contribution in [0.25, 0.3) is 0 Å². The molecule has 0 spiro atoms. The lowest BCUT2D eigenvalue weighted by Gasteiger charge is -2.27. The number of hydrogen-bond donors (Lipinski definition) is 0. The average Bonchev–Trinajstić information content (AvgIpc) is 2.28. The summed E-state index contributed by atoms with van der Waals surface area (Å²) in [5, 5.41) is 0. The molecule has 2 aliphatic heterocycles. The van der Waals surface area contributed by atoms with Gasteiger partial charge in [0.05, 0.1) is 5.84 Å². The van der Waals surface area contributed by atoms with Gasteiger partial charge in [-0.25, -0.2) is 0 Å². The zero-order chi connectivity index (χ0) is 7.52. The summed E-state index contributed by atoms with van der Waals surface area (Å²) in [5.41, 5.74) is 0. The number of fused-ring (bicyclic) bond motifs is 1. The van der Waals surface area contributed by atoms with Gasteiger partial charge in [0.25, 0.3) is 0 Å². The van der Waals surface area contributed by atoms with Gasteiger partial charge in [-0.05, 0) is 19.3 Å².